The van der Waals surface area contributed by atoms with Crippen LogP contribution in [0.25, 0.3) is 5.57 Å². The molecule has 1 aromatic carbocycles. The van der Waals surface area contributed by atoms with Crippen molar-refractivity contribution in [3.05, 3.63) is 57.7 Å². The summed E-state index contributed by atoms with van der Waals surface area (Å²) in [5, 5.41) is 3.45. The Kier molecular flexibility index (Phi) is 2.51. The van der Waals surface area contributed by atoms with Gasteiger partial charge in [0, 0.05) is 14.2 Å². The summed E-state index contributed by atoms with van der Waals surface area (Å²) in [5.41, 5.74) is 1.65. The van der Waals surface area contributed by atoms with Gasteiger partial charge in [0.1, 0.15) is 0 Å². The molecule has 0 N–H and O–H groups in total. The molecule has 1 aliphatic carbocycles. The molecular weight excluding hydrogens is 248 g/mol. The number of fused-ring (bicyclic) bond motifs is 2. The highest BCUT2D eigenvalue weighted by Crippen LogP contribution is 2.51. The van der Waals surface area contributed by atoms with E-state index < -0.39 is 8.07 Å². The molecule has 1 unspecified atom stereocenters. The molecule has 0 saturated heterocycles. The maximum atomic E-state index is 2.49. The largest absolute Gasteiger partial charge is 0.0770 e. The Morgan fingerprint density at radius 3 is 2.56 bits per heavy atom. The number of hydrogen-bond donors (Lipinski definition) is 0. The first-order valence-corrected chi connectivity index (χ1v) is 11.3. The fraction of sp³-hybridized carbons (Fsp3) is 0.312. The van der Waals surface area contributed by atoms with Crippen molar-refractivity contribution in [2.75, 3.05) is 0 Å². The van der Waals surface area contributed by atoms with Crippen molar-refractivity contribution in [3.8, 4) is 0 Å². The van der Waals surface area contributed by atoms with Crippen LogP contribution < -0.4 is 5.22 Å². The van der Waals surface area contributed by atoms with Gasteiger partial charge in [-0.25, -0.2) is 0 Å². The van der Waals surface area contributed by atoms with Crippen molar-refractivity contribution in [2.45, 2.75) is 31.6 Å². The molecule has 0 fully saturated rings. The van der Waals surface area contributed by atoms with E-state index in [1.807, 2.05) is 0 Å². The van der Waals surface area contributed by atoms with E-state index in [4.69, 9.17) is 0 Å². The highest BCUT2D eigenvalue weighted by molar-refractivity contribution is 6.82. The van der Waals surface area contributed by atoms with Crippen LogP contribution in [-0.2, 0) is 0 Å². The average Bonchev–Trinajstić information content (AvgIpc) is 2.67. The highest BCUT2D eigenvalue weighted by atomic mass is 28.3. The molecule has 0 spiro atoms. The summed E-state index contributed by atoms with van der Waals surface area (Å²) in [4.78, 5) is 1.59. The fourth-order valence-electron chi connectivity index (χ4n) is 3.01. The van der Waals surface area contributed by atoms with Crippen LogP contribution in [0.2, 0.25) is 24.7 Å². The van der Waals surface area contributed by atoms with E-state index in [9.17, 15) is 0 Å². The molecule has 0 amide bonds. The van der Waals surface area contributed by atoms with Gasteiger partial charge in [0.05, 0.1) is 8.07 Å². The summed E-state index contributed by atoms with van der Waals surface area (Å²) < 4.78 is 0. The lowest BCUT2D eigenvalue weighted by molar-refractivity contribution is 0.924. The zero-order chi connectivity index (χ0) is 13.0. The third-order valence-corrected chi connectivity index (χ3v) is 9.75. The van der Waals surface area contributed by atoms with E-state index in [0.717, 1.165) is 0 Å². The van der Waals surface area contributed by atoms with Crippen molar-refractivity contribution in [2.24, 2.45) is 0 Å². The van der Waals surface area contributed by atoms with E-state index >= 15 is 0 Å². The Labute approximate surface area is 112 Å². The maximum Gasteiger partial charge on any atom is 0.0601 e. The van der Waals surface area contributed by atoms with E-state index in [0.29, 0.717) is 9.13 Å². The second-order valence-corrected chi connectivity index (χ2v) is 13.6. The lowest BCUT2D eigenvalue weighted by Crippen LogP contribution is -2.39. The van der Waals surface area contributed by atoms with Gasteiger partial charge in [-0.1, -0.05) is 69.1 Å². The van der Waals surface area contributed by atoms with Gasteiger partial charge in [0.15, 0.2) is 0 Å². The summed E-state index contributed by atoms with van der Waals surface area (Å²) in [5.74, 6) is 0. The Bertz CT molecular complexity index is 687. The number of rotatable bonds is 1. The molecule has 0 radical (unpaired) electrons. The maximum absolute atomic E-state index is 2.49. The average molecular weight is 269 g/mol. The molecule has 1 heterocycles. The summed E-state index contributed by atoms with van der Waals surface area (Å²) in [6.45, 7) is 9.93. The smallest absolute Gasteiger partial charge is 0.0601 e. The van der Waals surface area contributed by atoms with Crippen LogP contribution in [-0.4, -0.2) is 17.2 Å². The van der Waals surface area contributed by atoms with Crippen LogP contribution in [0.4, 0.5) is 0 Å². The molecule has 0 nitrogen and oxygen atoms in total. The van der Waals surface area contributed by atoms with Gasteiger partial charge in [-0.15, -0.1) is 0 Å². The molecule has 92 valence electrons. The molecule has 2 aliphatic rings. The number of allylic oxidation sites excluding steroid dienone is 4. The van der Waals surface area contributed by atoms with Crippen molar-refractivity contribution < 1.29 is 0 Å². The minimum absolute atomic E-state index is 0.288. The first-order chi connectivity index (χ1) is 8.43. The number of hydrogen-bond acceptors (Lipinski definition) is 0. The SMILES string of the molecule is CC1([Si](C)(C)C)C=CC=C2[SiH]=c3ccccc3=C21. The Morgan fingerprint density at radius 2 is 1.83 bits per heavy atom. The van der Waals surface area contributed by atoms with Crippen molar-refractivity contribution in [3.63, 3.8) is 0 Å². The van der Waals surface area contributed by atoms with Gasteiger partial charge in [-0.05, 0) is 20.8 Å². The second kappa shape index (κ2) is 3.75. The van der Waals surface area contributed by atoms with E-state index in [2.05, 4.69) is 69.1 Å². The molecule has 1 atom stereocenters. The summed E-state index contributed by atoms with van der Waals surface area (Å²) in [6, 6.07) is 9.03. The van der Waals surface area contributed by atoms with Crippen LogP contribution in [0, 0.1) is 4.81 Å². The third-order valence-electron chi connectivity index (χ3n) is 4.61. The quantitative estimate of drug-likeness (QED) is 0.687. The molecule has 1 aliphatic heterocycles. The van der Waals surface area contributed by atoms with Gasteiger partial charge in [0.2, 0.25) is 0 Å². The molecule has 0 aromatic heterocycles. The lowest BCUT2D eigenvalue weighted by atomic mass is 9.92. The monoisotopic (exact) mass is 268 g/mol. The topological polar surface area (TPSA) is 0 Å². The highest BCUT2D eigenvalue weighted by Gasteiger charge is 2.42. The molecule has 0 bridgehead atoms. The molecule has 0 saturated carbocycles. The standard InChI is InChI=1S/C16H20Si2/c1-16(18(2,3)4)11-7-10-14-15(16)12-8-5-6-9-13(12)17-14/h5-11,17H,1-4H3. The van der Waals surface area contributed by atoms with Crippen molar-refractivity contribution in [1.29, 1.82) is 0 Å². The van der Waals surface area contributed by atoms with Crippen molar-refractivity contribution in [1.82, 2.24) is 0 Å². The van der Waals surface area contributed by atoms with Gasteiger partial charge in [-0.2, -0.15) is 0 Å². The summed E-state index contributed by atoms with van der Waals surface area (Å²) >= 11 is 0. The zero-order valence-electron chi connectivity index (χ0n) is 11.6. The van der Waals surface area contributed by atoms with E-state index in [-0.39, 0.29) is 5.04 Å². The minimum atomic E-state index is -1.29. The lowest BCUT2D eigenvalue weighted by Gasteiger charge is -2.42. The fourth-order valence-corrected chi connectivity index (χ4v) is 6.52. The number of benzene rings is 1. The van der Waals surface area contributed by atoms with Gasteiger partial charge >= 0.3 is 0 Å². The van der Waals surface area contributed by atoms with Crippen LogP contribution >= 0.6 is 0 Å². The van der Waals surface area contributed by atoms with Crippen molar-refractivity contribution >= 4 is 22.8 Å². The second-order valence-electron chi connectivity index (χ2n) is 6.54. The predicted octanol–water partition coefficient (Wildman–Crippen LogP) is 3.09. The van der Waals surface area contributed by atoms with Crippen LogP contribution in [0.15, 0.2) is 47.7 Å². The normalized spacial score (nSPS) is 25.3. The molecule has 3 rings (SSSR count). The predicted molar refractivity (Wildman–Crippen MR) is 84.4 cm³/mol. The van der Waals surface area contributed by atoms with Gasteiger partial charge < -0.3 is 0 Å². The summed E-state index contributed by atoms with van der Waals surface area (Å²) in [6.07, 6.45) is 7.11. The van der Waals surface area contributed by atoms with Crippen LogP contribution in [0.3, 0.4) is 0 Å². The molecule has 2 heteroatoms. The third kappa shape index (κ3) is 1.52. The van der Waals surface area contributed by atoms with Gasteiger partial charge in [0.25, 0.3) is 0 Å². The Morgan fingerprint density at radius 1 is 1.11 bits per heavy atom. The molecular formula is C16H20Si2. The first-order valence-electron chi connectivity index (χ1n) is 6.65. The molecule has 1 aromatic rings. The summed E-state index contributed by atoms with van der Waals surface area (Å²) in [7, 11) is -0.978. The van der Waals surface area contributed by atoms with Crippen LogP contribution in [0.1, 0.15) is 6.92 Å². The molecule has 18 heavy (non-hydrogen) atoms. The Hall–Kier alpha value is -0.996. The van der Waals surface area contributed by atoms with E-state index in [1.165, 1.54) is 5.22 Å². The first kappa shape index (κ1) is 12.1. The van der Waals surface area contributed by atoms with E-state index in [1.54, 1.807) is 15.6 Å². The Balaban J connectivity index is 2.41. The minimum Gasteiger partial charge on any atom is -0.0770 e. The van der Waals surface area contributed by atoms with Crippen LogP contribution in [0.5, 0.6) is 0 Å². The zero-order valence-corrected chi connectivity index (χ0v) is 13.8. The van der Waals surface area contributed by atoms with Gasteiger partial charge in [-0.3, -0.25) is 0 Å².